The average Bonchev–Trinajstić information content (AvgIpc) is 2.92. The molecular weight excluding hydrogens is 254 g/mol. The van der Waals surface area contributed by atoms with Crippen LogP contribution in [0.2, 0.25) is 0 Å². The Morgan fingerprint density at radius 2 is 2.15 bits per heavy atom. The third kappa shape index (κ3) is 3.15. The summed E-state index contributed by atoms with van der Waals surface area (Å²) in [5.74, 6) is 6.48. The van der Waals surface area contributed by atoms with Crippen molar-refractivity contribution >= 4 is 0 Å². The highest BCUT2D eigenvalue weighted by Gasteiger charge is 2.20. The Morgan fingerprint density at radius 3 is 2.75 bits per heavy atom. The number of aromatic nitrogens is 3. The zero-order chi connectivity index (χ0) is 14.4. The van der Waals surface area contributed by atoms with Crippen LogP contribution in [0.1, 0.15) is 30.6 Å². The van der Waals surface area contributed by atoms with Crippen molar-refractivity contribution in [1.29, 1.82) is 0 Å². The predicted molar refractivity (Wildman–Crippen MR) is 77.1 cm³/mol. The van der Waals surface area contributed by atoms with Gasteiger partial charge in [0.2, 0.25) is 0 Å². The predicted octanol–water partition coefficient (Wildman–Crippen LogP) is 1.44. The summed E-state index contributed by atoms with van der Waals surface area (Å²) in [4.78, 5) is 4.02. The summed E-state index contributed by atoms with van der Waals surface area (Å²) in [5, 5.41) is 4.32. The van der Waals surface area contributed by atoms with Gasteiger partial charge < -0.3 is 4.74 Å². The molecule has 0 saturated heterocycles. The molecule has 2 aromatic heterocycles. The molecule has 108 valence electrons. The molecule has 0 spiro atoms. The Labute approximate surface area is 118 Å². The van der Waals surface area contributed by atoms with Crippen molar-refractivity contribution in [2.24, 2.45) is 5.84 Å². The quantitative estimate of drug-likeness (QED) is 0.590. The van der Waals surface area contributed by atoms with E-state index in [9.17, 15) is 0 Å². The molecule has 0 bridgehead atoms. The van der Waals surface area contributed by atoms with E-state index in [0.29, 0.717) is 0 Å². The van der Waals surface area contributed by atoms with Crippen molar-refractivity contribution in [2.75, 3.05) is 7.11 Å². The van der Waals surface area contributed by atoms with Crippen LogP contribution in [-0.4, -0.2) is 21.9 Å². The zero-order valence-corrected chi connectivity index (χ0v) is 11.9. The molecule has 0 amide bonds. The minimum atomic E-state index is 0.000523. The maximum absolute atomic E-state index is 5.72. The summed E-state index contributed by atoms with van der Waals surface area (Å²) in [5.41, 5.74) is 5.10. The Hall–Kier alpha value is -1.92. The van der Waals surface area contributed by atoms with Crippen LogP contribution in [0.5, 0.6) is 5.75 Å². The average molecular weight is 275 g/mol. The number of hydrogen-bond donors (Lipinski definition) is 2. The summed E-state index contributed by atoms with van der Waals surface area (Å²) in [6.45, 7) is 2.83. The van der Waals surface area contributed by atoms with E-state index < -0.39 is 0 Å². The first kappa shape index (κ1) is 14.5. The lowest BCUT2D eigenvalue weighted by Gasteiger charge is -2.18. The highest BCUT2D eigenvalue weighted by Crippen LogP contribution is 2.27. The molecule has 1 unspecified atom stereocenters. The van der Waals surface area contributed by atoms with Crippen LogP contribution in [0.25, 0.3) is 0 Å². The normalized spacial score (nSPS) is 12.3. The second-order valence-corrected chi connectivity index (χ2v) is 4.53. The summed E-state index contributed by atoms with van der Waals surface area (Å²) in [6.07, 6.45) is 7.11. The van der Waals surface area contributed by atoms with Gasteiger partial charge in [0.25, 0.3) is 0 Å². The fourth-order valence-corrected chi connectivity index (χ4v) is 2.30. The lowest BCUT2D eigenvalue weighted by Crippen LogP contribution is -2.30. The number of nitrogens with two attached hydrogens (primary N) is 1. The van der Waals surface area contributed by atoms with E-state index in [1.54, 1.807) is 25.7 Å². The van der Waals surface area contributed by atoms with Gasteiger partial charge in [-0.2, -0.15) is 5.10 Å². The Balaban J connectivity index is 2.13. The topological polar surface area (TPSA) is 78.0 Å². The SMILES string of the molecule is CCn1ncc(OC)c1C(CCc1ccncc1)NN. The first-order valence-corrected chi connectivity index (χ1v) is 6.74. The number of hydrogen-bond acceptors (Lipinski definition) is 5. The highest BCUT2D eigenvalue weighted by atomic mass is 16.5. The number of ether oxygens (including phenoxy) is 1. The lowest BCUT2D eigenvalue weighted by atomic mass is 10.0. The van der Waals surface area contributed by atoms with Crippen LogP contribution in [0.15, 0.2) is 30.7 Å². The van der Waals surface area contributed by atoms with Crippen molar-refractivity contribution in [3.05, 3.63) is 42.0 Å². The van der Waals surface area contributed by atoms with Gasteiger partial charge in [-0.25, -0.2) is 0 Å². The van der Waals surface area contributed by atoms with E-state index in [1.165, 1.54) is 5.56 Å². The van der Waals surface area contributed by atoms with Crippen LogP contribution >= 0.6 is 0 Å². The van der Waals surface area contributed by atoms with Gasteiger partial charge in [-0.05, 0) is 37.5 Å². The van der Waals surface area contributed by atoms with E-state index in [4.69, 9.17) is 10.6 Å². The van der Waals surface area contributed by atoms with Gasteiger partial charge in [0.15, 0.2) is 5.75 Å². The molecule has 0 aliphatic heterocycles. The Morgan fingerprint density at radius 1 is 1.40 bits per heavy atom. The number of hydrazine groups is 1. The van der Waals surface area contributed by atoms with Gasteiger partial charge in [-0.15, -0.1) is 0 Å². The summed E-state index contributed by atoms with van der Waals surface area (Å²) in [7, 11) is 1.65. The second kappa shape index (κ2) is 7.02. The lowest BCUT2D eigenvalue weighted by molar-refractivity contribution is 0.386. The molecule has 2 heterocycles. The largest absolute Gasteiger partial charge is 0.493 e. The Bertz CT molecular complexity index is 504. The minimum Gasteiger partial charge on any atom is -0.493 e. The first-order valence-electron chi connectivity index (χ1n) is 6.74. The van der Waals surface area contributed by atoms with Crippen LogP contribution in [-0.2, 0) is 13.0 Å². The maximum atomic E-state index is 5.72. The molecule has 1 atom stereocenters. The van der Waals surface area contributed by atoms with Crippen LogP contribution < -0.4 is 16.0 Å². The van der Waals surface area contributed by atoms with Crippen molar-refractivity contribution in [1.82, 2.24) is 20.2 Å². The molecule has 6 heteroatoms. The minimum absolute atomic E-state index is 0.000523. The third-order valence-electron chi connectivity index (χ3n) is 3.37. The molecule has 6 nitrogen and oxygen atoms in total. The summed E-state index contributed by atoms with van der Waals surface area (Å²) in [6, 6.07) is 4.03. The van der Waals surface area contributed by atoms with Gasteiger partial charge in [0.05, 0.1) is 25.0 Å². The number of nitrogens with one attached hydrogen (secondary N) is 1. The molecule has 0 radical (unpaired) electrons. The molecule has 0 saturated carbocycles. The third-order valence-corrected chi connectivity index (χ3v) is 3.37. The van der Waals surface area contributed by atoms with Gasteiger partial charge in [-0.1, -0.05) is 0 Å². The van der Waals surface area contributed by atoms with Gasteiger partial charge in [0.1, 0.15) is 0 Å². The van der Waals surface area contributed by atoms with Crippen molar-refractivity contribution in [2.45, 2.75) is 32.4 Å². The van der Waals surface area contributed by atoms with Gasteiger partial charge in [0, 0.05) is 18.9 Å². The van der Waals surface area contributed by atoms with Crippen molar-refractivity contribution in [3.8, 4) is 5.75 Å². The molecule has 2 rings (SSSR count). The smallest absolute Gasteiger partial charge is 0.161 e. The number of aryl methyl sites for hydroxylation is 2. The number of methoxy groups -OCH3 is 1. The Kier molecular flexibility index (Phi) is 5.09. The fourth-order valence-electron chi connectivity index (χ4n) is 2.30. The van der Waals surface area contributed by atoms with Crippen molar-refractivity contribution in [3.63, 3.8) is 0 Å². The molecule has 0 fully saturated rings. The van der Waals surface area contributed by atoms with Crippen LogP contribution in [0, 0.1) is 0 Å². The highest BCUT2D eigenvalue weighted by molar-refractivity contribution is 5.28. The molecule has 0 aliphatic rings. The van der Waals surface area contributed by atoms with Crippen LogP contribution in [0.4, 0.5) is 0 Å². The maximum Gasteiger partial charge on any atom is 0.161 e. The first-order chi connectivity index (χ1) is 9.80. The fraction of sp³-hybridized carbons (Fsp3) is 0.429. The molecule has 20 heavy (non-hydrogen) atoms. The number of rotatable bonds is 7. The molecule has 0 aromatic carbocycles. The van der Waals surface area contributed by atoms with E-state index in [-0.39, 0.29) is 6.04 Å². The molecular formula is C14H21N5O. The summed E-state index contributed by atoms with van der Waals surface area (Å²) < 4.78 is 7.29. The monoisotopic (exact) mass is 275 g/mol. The zero-order valence-electron chi connectivity index (χ0n) is 11.9. The number of pyridine rings is 1. The summed E-state index contributed by atoms with van der Waals surface area (Å²) >= 11 is 0. The van der Waals surface area contributed by atoms with E-state index in [1.807, 2.05) is 23.7 Å². The second-order valence-electron chi connectivity index (χ2n) is 4.53. The molecule has 2 aromatic rings. The molecule has 0 aliphatic carbocycles. The standard InChI is InChI=1S/C14H21N5O/c1-3-19-14(13(20-2)10-17-19)12(18-15)5-4-11-6-8-16-9-7-11/h6-10,12,18H,3-5,15H2,1-2H3. The van der Waals surface area contributed by atoms with E-state index >= 15 is 0 Å². The van der Waals surface area contributed by atoms with Gasteiger partial charge in [-0.3, -0.25) is 20.9 Å². The van der Waals surface area contributed by atoms with Crippen molar-refractivity contribution < 1.29 is 4.74 Å². The van der Waals surface area contributed by atoms with E-state index in [0.717, 1.165) is 30.8 Å². The molecule has 3 N–H and O–H groups in total. The van der Waals surface area contributed by atoms with E-state index in [2.05, 4.69) is 15.5 Å². The number of nitrogens with zero attached hydrogens (tertiary/aromatic N) is 3. The van der Waals surface area contributed by atoms with Gasteiger partial charge >= 0.3 is 0 Å². The van der Waals surface area contributed by atoms with Crippen LogP contribution in [0.3, 0.4) is 0 Å².